The maximum absolute atomic E-state index is 13.1. The van der Waals surface area contributed by atoms with Crippen LogP contribution >= 0.6 is 0 Å². The fraction of sp³-hybridized carbons (Fsp3) is 0.304. The van der Waals surface area contributed by atoms with Crippen molar-refractivity contribution in [2.75, 3.05) is 15.8 Å². The standard InChI is InChI=1S/C23H25N3O4S/c1-3-14-31(28,29)26-19-11-7-10-18(15(19)2)24-22(27)20-21(16-12-13-16)30-23(25-20)17-8-5-4-6-9-17/h4-11,16,26H,3,12-14H2,1-2H3,(H,24,27). The zero-order valence-corrected chi connectivity index (χ0v) is 18.3. The van der Waals surface area contributed by atoms with Gasteiger partial charge in [-0.1, -0.05) is 31.2 Å². The number of nitrogens with zero attached hydrogens (tertiary/aromatic N) is 1. The molecule has 0 saturated heterocycles. The maximum atomic E-state index is 13.1. The predicted octanol–water partition coefficient (Wildman–Crippen LogP) is 4.93. The van der Waals surface area contributed by atoms with E-state index >= 15 is 0 Å². The maximum Gasteiger partial charge on any atom is 0.277 e. The number of carbonyl (C=O) groups excluding carboxylic acids is 1. The second-order valence-corrected chi connectivity index (χ2v) is 9.57. The van der Waals surface area contributed by atoms with E-state index in [9.17, 15) is 13.2 Å². The first kappa shape index (κ1) is 21.1. The van der Waals surface area contributed by atoms with E-state index in [2.05, 4.69) is 15.0 Å². The number of hydrogen-bond acceptors (Lipinski definition) is 5. The quantitative estimate of drug-likeness (QED) is 0.518. The van der Waals surface area contributed by atoms with Crippen LogP contribution in [0.15, 0.2) is 52.9 Å². The van der Waals surface area contributed by atoms with Crippen molar-refractivity contribution < 1.29 is 17.6 Å². The summed E-state index contributed by atoms with van der Waals surface area (Å²) in [5, 5.41) is 2.88. The molecule has 1 amide bonds. The van der Waals surface area contributed by atoms with Gasteiger partial charge in [-0.2, -0.15) is 0 Å². The number of amides is 1. The Kier molecular flexibility index (Phi) is 5.82. The Hall–Kier alpha value is -3.13. The van der Waals surface area contributed by atoms with Gasteiger partial charge in [-0.3, -0.25) is 9.52 Å². The molecule has 31 heavy (non-hydrogen) atoms. The highest BCUT2D eigenvalue weighted by Crippen LogP contribution is 2.43. The highest BCUT2D eigenvalue weighted by atomic mass is 32.2. The van der Waals surface area contributed by atoms with Gasteiger partial charge in [-0.15, -0.1) is 0 Å². The molecule has 0 atom stereocenters. The van der Waals surface area contributed by atoms with Crippen LogP contribution in [-0.2, 0) is 10.0 Å². The zero-order valence-electron chi connectivity index (χ0n) is 17.5. The zero-order chi connectivity index (χ0) is 22.0. The number of anilines is 2. The first-order valence-corrected chi connectivity index (χ1v) is 12.0. The average Bonchev–Trinajstić information content (AvgIpc) is 3.49. The predicted molar refractivity (Wildman–Crippen MR) is 121 cm³/mol. The lowest BCUT2D eigenvalue weighted by Gasteiger charge is -2.14. The lowest BCUT2D eigenvalue weighted by atomic mass is 10.1. The van der Waals surface area contributed by atoms with Gasteiger partial charge in [-0.05, 0) is 56.0 Å². The Morgan fingerprint density at radius 2 is 1.81 bits per heavy atom. The summed E-state index contributed by atoms with van der Waals surface area (Å²) in [5.74, 6) is 0.900. The second-order valence-electron chi connectivity index (χ2n) is 7.73. The average molecular weight is 440 g/mol. The van der Waals surface area contributed by atoms with Crippen LogP contribution in [-0.4, -0.2) is 25.1 Å². The molecular weight excluding hydrogens is 414 g/mol. The minimum absolute atomic E-state index is 0.0367. The molecule has 0 radical (unpaired) electrons. The Morgan fingerprint density at radius 1 is 1.10 bits per heavy atom. The second kappa shape index (κ2) is 8.55. The fourth-order valence-corrected chi connectivity index (χ4v) is 4.57. The molecule has 1 fully saturated rings. The number of rotatable bonds is 8. The normalized spacial score (nSPS) is 13.7. The van der Waals surface area contributed by atoms with E-state index in [1.807, 2.05) is 37.3 Å². The van der Waals surface area contributed by atoms with Crippen molar-refractivity contribution in [1.29, 1.82) is 0 Å². The van der Waals surface area contributed by atoms with Gasteiger partial charge >= 0.3 is 0 Å². The molecule has 1 heterocycles. The number of sulfonamides is 1. The van der Waals surface area contributed by atoms with Crippen molar-refractivity contribution in [3.63, 3.8) is 0 Å². The summed E-state index contributed by atoms with van der Waals surface area (Å²) in [6, 6.07) is 14.6. The van der Waals surface area contributed by atoms with Crippen LogP contribution in [0.2, 0.25) is 0 Å². The molecule has 162 valence electrons. The Morgan fingerprint density at radius 3 is 2.48 bits per heavy atom. The highest BCUT2D eigenvalue weighted by Gasteiger charge is 2.34. The third-order valence-corrected chi connectivity index (χ3v) is 6.63. The minimum Gasteiger partial charge on any atom is -0.440 e. The first-order valence-electron chi connectivity index (χ1n) is 10.4. The van der Waals surface area contributed by atoms with E-state index in [0.29, 0.717) is 35.0 Å². The number of carbonyl (C=O) groups is 1. The van der Waals surface area contributed by atoms with Gasteiger partial charge < -0.3 is 9.73 Å². The van der Waals surface area contributed by atoms with Gasteiger partial charge in [0.1, 0.15) is 5.76 Å². The van der Waals surface area contributed by atoms with Crippen molar-refractivity contribution in [2.45, 2.75) is 39.0 Å². The van der Waals surface area contributed by atoms with Crippen LogP contribution in [0.4, 0.5) is 11.4 Å². The molecule has 4 rings (SSSR count). The van der Waals surface area contributed by atoms with Gasteiger partial charge in [-0.25, -0.2) is 13.4 Å². The Balaban J connectivity index is 1.60. The van der Waals surface area contributed by atoms with E-state index in [1.54, 1.807) is 25.1 Å². The molecule has 1 aliphatic rings. The summed E-state index contributed by atoms with van der Waals surface area (Å²) in [4.78, 5) is 17.6. The summed E-state index contributed by atoms with van der Waals surface area (Å²) in [6.45, 7) is 3.57. The lowest BCUT2D eigenvalue weighted by molar-refractivity contribution is 0.102. The molecule has 1 aliphatic carbocycles. The van der Waals surface area contributed by atoms with Gasteiger partial charge in [0.05, 0.1) is 11.4 Å². The van der Waals surface area contributed by atoms with Crippen LogP contribution in [0.1, 0.15) is 53.9 Å². The lowest BCUT2D eigenvalue weighted by Crippen LogP contribution is -2.18. The molecule has 0 bridgehead atoms. The Bertz CT molecular complexity index is 1200. The van der Waals surface area contributed by atoms with Crippen molar-refractivity contribution in [3.05, 3.63) is 65.5 Å². The van der Waals surface area contributed by atoms with Gasteiger partial charge in [0.15, 0.2) is 5.69 Å². The molecule has 1 saturated carbocycles. The largest absolute Gasteiger partial charge is 0.440 e. The van der Waals surface area contributed by atoms with Crippen LogP contribution in [0.5, 0.6) is 0 Å². The van der Waals surface area contributed by atoms with E-state index < -0.39 is 10.0 Å². The van der Waals surface area contributed by atoms with Crippen molar-refractivity contribution in [3.8, 4) is 11.5 Å². The molecule has 3 aromatic rings. The van der Waals surface area contributed by atoms with Crippen LogP contribution in [0.3, 0.4) is 0 Å². The van der Waals surface area contributed by atoms with E-state index in [0.717, 1.165) is 18.4 Å². The third-order valence-electron chi connectivity index (χ3n) is 5.16. The summed E-state index contributed by atoms with van der Waals surface area (Å²) in [5.41, 5.74) is 2.69. The topological polar surface area (TPSA) is 101 Å². The van der Waals surface area contributed by atoms with Crippen molar-refractivity contribution in [2.24, 2.45) is 0 Å². The number of hydrogen-bond donors (Lipinski definition) is 2. The van der Waals surface area contributed by atoms with E-state index in [4.69, 9.17) is 4.42 Å². The molecule has 8 heteroatoms. The summed E-state index contributed by atoms with van der Waals surface area (Å²) < 4.78 is 32.9. The molecule has 1 aromatic heterocycles. The molecule has 2 aromatic carbocycles. The number of oxazole rings is 1. The van der Waals surface area contributed by atoms with Crippen LogP contribution in [0.25, 0.3) is 11.5 Å². The van der Waals surface area contributed by atoms with Crippen molar-refractivity contribution in [1.82, 2.24) is 4.98 Å². The van der Waals surface area contributed by atoms with Gasteiger partial charge in [0.25, 0.3) is 5.91 Å². The molecule has 0 aliphatic heterocycles. The van der Waals surface area contributed by atoms with Gasteiger partial charge in [0.2, 0.25) is 15.9 Å². The first-order chi connectivity index (χ1) is 14.9. The smallest absolute Gasteiger partial charge is 0.277 e. The number of aromatic nitrogens is 1. The summed E-state index contributed by atoms with van der Waals surface area (Å²) in [7, 11) is -3.43. The monoisotopic (exact) mass is 439 g/mol. The molecular formula is C23H25N3O4S. The van der Waals surface area contributed by atoms with Crippen molar-refractivity contribution >= 4 is 27.3 Å². The minimum atomic E-state index is -3.43. The molecule has 0 spiro atoms. The van der Waals surface area contributed by atoms with E-state index in [1.165, 1.54) is 0 Å². The number of benzene rings is 2. The van der Waals surface area contributed by atoms with Crippen LogP contribution in [0, 0.1) is 6.92 Å². The van der Waals surface area contributed by atoms with Gasteiger partial charge in [0, 0.05) is 17.2 Å². The Labute approximate surface area is 181 Å². The summed E-state index contributed by atoms with van der Waals surface area (Å²) >= 11 is 0. The summed E-state index contributed by atoms with van der Waals surface area (Å²) in [6.07, 6.45) is 2.46. The highest BCUT2D eigenvalue weighted by molar-refractivity contribution is 7.92. The molecule has 7 nitrogen and oxygen atoms in total. The SMILES string of the molecule is CCCS(=O)(=O)Nc1cccc(NC(=O)c2nc(-c3ccccc3)oc2C2CC2)c1C. The van der Waals surface area contributed by atoms with Crippen LogP contribution < -0.4 is 10.0 Å². The molecule has 2 N–H and O–H groups in total. The van der Waals surface area contributed by atoms with E-state index in [-0.39, 0.29) is 23.3 Å². The number of nitrogens with one attached hydrogen (secondary N) is 2. The fourth-order valence-electron chi connectivity index (χ4n) is 3.37. The third kappa shape index (κ3) is 4.80. The molecule has 0 unspecified atom stereocenters.